The Labute approximate surface area is 119 Å². The van der Waals surface area contributed by atoms with Crippen LogP contribution in [0.2, 0.25) is 0 Å². The van der Waals surface area contributed by atoms with Crippen molar-refractivity contribution in [3.63, 3.8) is 0 Å². The molecule has 3 nitrogen and oxygen atoms in total. The fourth-order valence-corrected chi connectivity index (χ4v) is 2.14. The Morgan fingerprint density at radius 3 is 2.50 bits per heavy atom. The van der Waals surface area contributed by atoms with Gasteiger partial charge < -0.3 is 10.5 Å². The van der Waals surface area contributed by atoms with Crippen LogP contribution in [0.4, 0.5) is 5.69 Å². The maximum Gasteiger partial charge on any atom is 0.163 e. The number of carbonyl (C=O) groups excluding carboxylic acids is 1. The molecular formula is C17H19NO2. The normalized spacial score (nSPS) is 10.3. The molecule has 0 unspecified atom stereocenters. The zero-order valence-electron chi connectivity index (χ0n) is 11.8. The Balaban J connectivity index is 2.02. The third-order valence-electron chi connectivity index (χ3n) is 3.48. The molecule has 0 aliphatic carbocycles. The number of nitrogen functional groups attached to an aromatic ring is 1. The Morgan fingerprint density at radius 1 is 1.15 bits per heavy atom. The highest BCUT2D eigenvalue weighted by Gasteiger charge is 2.10. The molecule has 2 N–H and O–H groups in total. The predicted octanol–water partition coefficient (Wildman–Crippen LogP) is 3.40. The van der Waals surface area contributed by atoms with Crippen molar-refractivity contribution in [2.24, 2.45) is 0 Å². The summed E-state index contributed by atoms with van der Waals surface area (Å²) in [6.45, 7) is 1.88. The Kier molecular flexibility index (Phi) is 4.41. The van der Waals surface area contributed by atoms with E-state index in [-0.39, 0.29) is 5.78 Å². The molecule has 2 aromatic rings. The van der Waals surface area contributed by atoms with Crippen LogP contribution in [0.3, 0.4) is 0 Å². The molecule has 0 fully saturated rings. The van der Waals surface area contributed by atoms with Gasteiger partial charge in [-0.05, 0) is 42.7 Å². The van der Waals surface area contributed by atoms with Crippen LogP contribution in [0.15, 0.2) is 42.5 Å². The van der Waals surface area contributed by atoms with Gasteiger partial charge in [0, 0.05) is 17.7 Å². The Hall–Kier alpha value is -2.29. The van der Waals surface area contributed by atoms with Crippen molar-refractivity contribution in [3.8, 4) is 5.75 Å². The fourth-order valence-electron chi connectivity index (χ4n) is 2.14. The summed E-state index contributed by atoms with van der Waals surface area (Å²) in [6, 6.07) is 13.3. The van der Waals surface area contributed by atoms with Gasteiger partial charge in [-0.3, -0.25) is 4.79 Å². The van der Waals surface area contributed by atoms with E-state index in [0.717, 1.165) is 28.9 Å². The summed E-state index contributed by atoms with van der Waals surface area (Å²) < 4.78 is 5.11. The van der Waals surface area contributed by atoms with Crippen molar-refractivity contribution in [1.82, 2.24) is 0 Å². The summed E-state index contributed by atoms with van der Waals surface area (Å²) in [5, 5.41) is 0. The van der Waals surface area contributed by atoms with Gasteiger partial charge in [-0.25, -0.2) is 0 Å². The number of anilines is 1. The lowest BCUT2D eigenvalue weighted by Crippen LogP contribution is -2.05. The molecule has 20 heavy (non-hydrogen) atoms. The number of aryl methyl sites for hydroxylation is 1. The quantitative estimate of drug-likeness (QED) is 0.668. The number of rotatable bonds is 5. The molecule has 3 heteroatoms. The van der Waals surface area contributed by atoms with Crippen molar-refractivity contribution >= 4 is 11.5 Å². The standard InChI is InChI=1S/C17H19NO2/c1-12-15(4-3-5-16(12)18)17(19)11-8-13-6-9-14(20-2)10-7-13/h3-7,9-10H,8,11,18H2,1-2H3. The van der Waals surface area contributed by atoms with E-state index in [1.807, 2.05) is 49.4 Å². The first-order valence-electron chi connectivity index (χ1n) is 6.63. The lowest BCUT2D eigenvalue weighted by Gasteiger charge is -2.08. The van der Waals surface area contributed by atoms with Crippen molar-refractivity contribution in [3.05, 3.63) is 59.2 Å². The van der Waals surface area contributed by atoms with Gasteiger partial charge in [0.2, 0.25) is 0 Å². The van der Waals surface area contributed by atoms with Crippen LogP contribution in [0.5, 0.6) is 5.75 Å². The summed E-state index contributed by atoms with van der Waals surface area (Å²) in [6.07, 6.45) is 1.20. The zero-order chi connectivity index (χ0) is 14.5. The number of carbonyl (C=O) groups is 1. The van der Waals surface area contributed by atoms with E-state index in [1.165, 1.54) is 0 Å². The van der Waals surface area contributed by atoms with Gasteiger partial charge in [0.1, 0.15) is 5.75 Å². The lowest BCUT2D eigenvalue weighted by molar-refractivity contribution is 0.0982. The highest BCUT2D eigenvalue weighted by molar-refractivity contribution is 5.98. The minimum absolute atomic E-state index is 0.130. The average molecular weight is 269 g/mol. The van der Waals surface area contributed by atoms with Crippen LogP contribution in [0.25, 0.3) is 0 Å². The van der Waals surface area contributed by atoms with Crippen LogP contribution < -0.4 is 10.5 Å². The summed E-state index contributed by atoms with van der Waals surface area (Å²) in [7, 11) is 1.64. The van der Waals surface area contributed by atoms with E-state index >= 15 is 0 Å². The molecule has 2 rings (SSSR count). The summed E-state index contributed by atoms with van der Waals surface area (Å²) in [5.74, 6) is 0.956. The van der Waals surface area contributed by atoms with E-state index in [1.54, 1.807) is 7.11 Å². The zero-order valence-corrected chi connectivity index (χ0v) is 11.8. The third kappa shape index (κ3) is 3.18. The molecule has 0 atom stereocenters. The number of nitrogens with two attached hydrogens (primary N) is 1. The number of hydrogen-bond acceptors (Lipinski definition) is 3. The highest BCUT2D eigenvalue weighted by atomic mass is 16.5. The summed E-state index contributed by atoms with van der Waals surface area (Å²) in [5.41, 5.74) is 9.21. The fraction of sp³-hybridized carbons (Fsp3) is 0.235. The molecule has 0 amide bonds. The van der Waals surface area contributed by atoms with Gasteiger partial charge >= 0.3 is 0 Å². The van der Waals surface area contributed by atoms with Gasteiger partial charge in [0.15, 0.2) is 5.78 Å². The summed E-state index contributed by atoms with van der Waals surface area (Å²) >= 11 is 0. The number of Topliss-reactive ketones (excluding diaryl/α,β-unsaturated/α-hetero) is 1. The number of methoxy groups -OCH3 is 1. The number of hydrogen-bond donors (Lipinski definition) is 1. The first-order chi connectivity index (χ1) is 9.61. The largest absolute Gasteiger partial charge is 0.497 e. The van der Waals surface area contributed by atoms with Crippen molar-refractivity contribution in [2.75, 3.05) is 12.8 Å². The Morgan fingerprint density at radius 2 is 1.85 bits per heavy atom. The third-order valence-corrected chi connectivity index (χ3v) is 3.48. The minimum Gasteiger partial charge on any atom is -0.497 e. The highest BCUT2D eigenvalue weighted by Crippen LogP contribution is 2.19. The van der Waals surface area contributed by atoms with Gasteiger partial charge in [0.05, 0.1) is 7.11 Å². The van der Waals surface area contributed by atoms with Gasteiger partial charge in [0.25, 0.3) is 0 Å². The van der Waals surface area contributed by atoms with E-state index in [4.69, 9.17) is 10.5 Å². The molecule has 2 aromatic carbocycles. The van der Waals surface area contributed by atoms with Gasteiger partial charge in [-0.2, -0.15) is 0 Å². The molecule has 0 radical (unpaired) electrons. The second-order valence-corrected chi connectivity index (χ2v) is 4.79. The molecule has 0 saturated heterocycles. The molecular weight excluding hydrogens is 250 g/mol. The molecule has 0 bridgehead atoms. The monoisotopic (exact) mass is 269 g/mol. The first-order valence-corrected chi connectivity index (χ1v) is 6.63. The molecule has 0 heterocycles. The smallest absolute Gasteiger partial charge is 0.163 e. The lowest BCUT2D eigenvalue weighted by atomic mass is 9.98. The predicted molar refractivity (Wildman–Crippen MR) is 81.2 cm³/mol. The first kappa shape index (κ1) is 14.1. The number of ketones is 1. The van der Waals surface area contributed by atoms with Crippen LogP contribution in [-0.2, 0) is 6.42 Å². The van der Waals surface area contributed by atoms with Crippen molar-refractivity contribution in [1.29, 1.82) is 0 Å². The summed E-state index contributed by atoms with van der Waals surface area (Å²) in [4.78, 5) is 12.2. The van der Waals surface area contributed by atoms with E-state index in [2.05, 4.69) is 0 Å². The van der Waals surface area contributed by atoms with Crippen LogP contribution in [0, 0.1) is 6.92 Å². The number of ether oxygens (including phenoxy) is 1. The maximum atomic E-state index is 12.2. The SMILES string of the molecule is COc1ccc(CCC(=O)c2cccc(N)c2C)cc1. The molecule has 104 valence electrons. The van der Waals surface area contributed by atoms with Gasteiger partial charge in [-0.15, -0.1) is 0 Å². The topological polar surface area (TPSA) is 52.3 Å². The minimum atomic E-state index is 0.130. The second-order valence-electron chi connectivity index (χ2n) is 4.79. The van der Waals surface area contributed by atoms with E-state index in [0.29, 0.717) is 12.1 Å². The van der Waals surface area contributed by atoms with E-state index < -0.39 is 0 Å². The van der Waals surface area contributed by atoms with E-state index in [9.17, 15) is 4.79 Å². The molecule has 0 aliphatic rings. The molecule has 0 spiro atoms. The van der Waals surface area contributed by atoms with Crippen LogP contribution >= 0.6 is 0 Å². The van der Waals surface area contributed by atoms with Crippen LogP contribution in [0.1, 0.15) is 27.9 Å². The molecule has 0 saturated carbocycles. The van der Waals surface area contributed by atoms with Crippen molar-refractivity contribution in [2.45, 2.75) is 19.8 Å². The van der Waals surface area contributed by atoms with Gasteiger partial charge in [-0.1, -0.05) is 24.3 Å². The number of benzene rings is 2. The maximum absolute atomic E-state index is 12.2. The molecule has 0 aromatic heterocycles. The van der Waals surface area contributed by atoms with Crippen molar-refractivity contribution < 1.29 is 9.53 Å². The average Bonchev–Trinajstić information content (AvgIpc) is 2.48. The van der Waals surface area contributed by atoms with Crippen LogP contribution in [-0.4, -0.2) is 12.9 Å². The second kappa shape index (κ2) is 6.24. The Bertz CT molecular complexity index is 603. The molecule has 0 aliphatic heterocycles.